The van der Waals surface area contributed by atoms with Crippen molar-refractivity contribution in [3.63, 3.8) is 0 Å². The van der Waals surface area contributed by atoms with Gasteiger partial charge in [-0.05, 0) is 30.3 Å². The minimum Gasteiger partial charge on any atom is -0.463 e. The van der Waals surface area contributed by atoms with Gasteiger partial charge < -0.3 is 15.4 Å². The molecule has 2 aromatic carbocycles. The quantitative estimate of drug-likeness (QED) is 0.355. The summed E-state index contributed by atoms with van der Waals surface area (Å²) in [5, 5.41) is 17.5. The summed E-state index contributed by atoms with van der Waals surface area (Å²) in [5.41, 5.74) is 2.08. The van der Waals surface area contributed by atoms with Gasteiger partial charge in [0.1, 0.15) is 0 Å². The molecule has 1 aliphatic rings. The zero-order valence-electron chi connectivity index (χ0n) is 14.5. The molecule has 2 aromatic rings. The number of nitro benzene ring substituents is 1. The Balaban J connectivity index is 2.18. The Labute approximate surface area is 161 Å². The number of nitrogens with zero attached hydrogens (tertiary/aromatic N) is 1. The van der Waals surface area contributed by atoms with Crippen molar-refractivity contribution in [2.75, 3.05) is 6.61 Å². The molecule has 3 rings (SSSR count). The Hall–Kier alpha value is -3.26. The highest BCUT2D eigenvalue weighted by atomic mass is 32.1. The molecule has 0 aromatic heterocycles. The molecule has 27 heavy (non-hydrogen) atoms. The predicted octanol–water partition coefficient (Wildman–Crippen LogP) is 3.09. The van der Waals surface area contributed by atoms with Crippen molar-refractivity contribution in [2.24, 2.45) is 0 Å². The molecule has 2 N–H and O–H groups in total. The van der Waals surface area contributed by atoms with E-state index in [1.54, 1.807) is 19.1 Å². The van der Waals surface area contributed by atoms with E-state index in [1.165, 1.54) is 12.1 Å². The monoisotopic (exact) mass is 383 g/mol. The third-order valence-corrected chi connectivity index (χ3v) is 4.26. The zero-order chi connectivity index (χ0) is 19.4. The van der Waals surface area contributed by atoms with E-state index in [0.29, 0.717) is 21.9 Å². The summed E-state index contributed by atoms with van der Waals surface area (Å²) in [6.07, 6.45) is 0. The second kappa shape index (κ2) is 7.96. The van der Waals surface area contributed by atoms with Crippen molar-refractivity contribution in [1.82, 2.24) is 10.6 Å². The van der Waals surface area contributed by atoms with Gasteiger partial charge in [0.05, 0.1) is 28.8 Å². The van der Waals surface area contributed by atoms with Gasteiger partial charge in [-0.2, -0.15) is 0 Å². The average molecular weight is 383 g/mol. The zero-order valence-corrected chi connectivity index (χ0v) is 15.3. The van der Waals surface area contributed by atoms with Crippen LogP contribution in [0.1, 0.15) is 24.1 Å². The maximum Gasteiger partial charge on any atom is 0.338 e. The molecule has 0 fully saturated rings. The van der Waals surface area contributed by atoms with E-state index in [4.69, 9.17) is 17.0 Å². The number of nitro groups is 1. The number of rotatable bonds is 5. The first-order valence-electron chi connectivity index (χ1n) is 8.29. The van der Waals surface area contributed by atoms with Crippen LogP contribution in [0.5, 0.6) is 0 Å². The molecule has 0 saturated heterocycles. The fraction of sp³-hybridized carbons (Fsp3) is 0.158. The number of non-ortho nitro benzene ring substituents is 1. The standard InChI is InChI=1S/C19H17N3O4S/c1-2-26-18(23)15-16(12-7-4-3-5-8-12)20-19(27)21-17(15)13-9-6-10-14(11-13)22(24)25/h3-11,17H,2H2,1H3,(H2,20,21,27)/t17-/m1/s1. The molecule has 0 unspecified atom stereocenters. The fourth-order valence-corrected chi connectivity index (χ4v) is 3.11. The van der Waals surface area contributed by atoms with E-state index in [-0.39, 0.29) is 12.3 Å². The number of esters is 1. The van der Waals surface area contributed by atoms with Gasteiger partial charge in [-0.3, -0.25) is 10.1 Å². The second-order valence-electron chi connectivity index (χ2n) is 5.76. The maximum atomic E-state index is 12.8. The number of carbonyl (C=O) groups is 1. The van der Waals surface area contributed by atoms with Gasteiger partial charge in [0.25, 0.3) is 5.69 Å². The highest BCUT2D eigenvalue weighted by Crippen LogP contribution is 2.33. The van der Waals surface area contributed by atoms with Gasteiger partial charge in [-0.25, -0.2) is 4.79 Å². The van der Waals surface area contributed by atoms with Gasteiger partial charge in [0.2, 0.25) is 0 Å². The van der Waals surface area contributed by atoms with Crippen molar-refractivity contribution < 1.29 is 14.5 Å². The number of carbonyl (C=O) groups excluding carboxylic acids is 1. The van der Waals surface area contributed by atoms with Gasteiger partial charge in [0, 0.05) is 12.1 Å². The van der Waals surface area contributed by atoms with E-state index in [1.807, 2.05) is 30.3 Å². The summed E-state index contributed by atoms with van der Waals surface area (Å²) in [5.74, 6) is -0.518. The number of thiocarbonyl (C=S) groups is 1. The maximum absolute atomic E-state index is 12.8. The van der Waals surface area contributed by atoms with Crippen LogP contribution in [0.2, 0.25) is 0 Å². The molecular formula is C19H17N3O4S. The number of nitrogens with one attached hydrogen (secondary N) is 2. The van der Waals surface area contributed by atoms with Crippen LogP contribution >= 0.6 is 12.2 Å². The van der Waals surface area contributed by atoms with E-state index < -0.39 is 16.9 Å². The van der Waals surface area contributed by atoms with Crippen molar-refractivity contribution in [2.45, 2.75) is 13.0 Å². The summed E-state index contributed by atoms with van der Waals surface area (Å²) in [4.78, 5) is 23.4. The lowest BCUT2D eigenvalue weighted by molar-refractivity contribution is -0.384. The first kappa shape index (κ1) is 18.5. The predicted molar refractivity (Wildman–Crippen MR) is 105 cm³/mol. The lowest BCUT2D eigenvalue weighted by atomic mass is 9.92. The summed E-state index contributed by atoms with van der Waals surface area (Å²) in [6.45, 7) is 1.92. The highest BCUT2D eigenvalue weighted by molar-refractivity contribution is 7.80. The molecule has 8 heteroatoms. The number of benzene rings is 2. The highest BCUT2D eigenvalue weighted by Gasteiger charge is 2.33. The fourth-order valence-electron chi connectivity index (χ4n) is 2.89. The number of hydrogen-bond donors (Lipinski definition) is 2. The van der Waals surface area contributed by atoms with Gasteiger partial charge >= 0.3 is 5.97 Å². The normalized spacial score (nSPS) is 16.3. The first-order chi connectivity index (χ1) is 13.0. The molecule has 0 saturated carbocycles. The molecule has 1 aliphatic heterocycles. The Kier molecular flexibility index (Phi) is 5.46. The lowest BCUT2D eigenvalue weighted by Gasteiger charge is -2.31. The van der Waals surface area contributed by atoms with Crippen LogP contribution in [0.15, 0.2) is 60.2 Å². The Morgan fingerprint density at radius 3 is 2.63 bits per heavy atom. The first-order valence-corrected chi connectivity index (χ1v) is 8.70. The molecule has 0 amide bonds. The molecule has 1 heterocycles. The lowest BCUT2D eigenvalue weighted by Crippen LogP contribution is -2.45. The van der Waals surface area contributed by atoms with Crippen LogP contribution in [0.25, 0.3) is 5.70 Å². The topological polar surface area (TPSA) is 93.5 Å². The van der Waals surface area contributed by atoms with E-state index >= 15 is 0 Å². The minimum atomic E-state index is -0.673. The molecule has 7 nitrogen and oxygen atoms in total. The number of ether oxygens (including phenoxy) is 1. The van der Waals surface area contributed by atoms with Gasteiger partial charge in [-0.15, -0.1) is 0 Å². The van der Waals surface area contributed by atoms with Crippen LogP contribution < -0.4 is 10.6 Å². The van der Waals surface area contributed by atoms with Crippen LogP contribution in [0, 0.1) is 10.1 Å². The molecular weight excluding hydrogens is 366 g/mol. The van der Waals surface area contributed by atoms with Crippen molar-refractivity contribution in [3.05, 3.63) is 81.4 Å². The molecule has 138 valence electrons. The molecule has 0 aliphatic carbocycles. The van der Waals surface area contributed by atoms with Gasteiger partial charge in [-0.1, -0.05) is 42.5 Å². The van der Waals surface area contributed by atoms with Crippen LogP contribution in [0.4, 0.5) is 5.69 Å². The van der Waals surface area contributed by atoms with E-state index in [2.05, 4.69) is 10.6 Å². The Morgan fingerprint density at radius 1 is 1.22 bits per heavy atom. The SMILES string of the molecule is CCOC(=O)C1=C(c2ccccc2)NC(=S)N[C@@H]1c1cccc([N+](=O)[O-])c1. The summed E-state index contributed by atoms with van der Waals surface area (Å²) in [7, 11) is 0. The average Bonchev–Trinajstić information content (AvgIpc) is 2.68. The Bertz CT molecular complexity index is 928. The molecule has 0 radical (unpaired) electrons. The minimum absolute atomic E-state index is 0.0665. The largest absolute Gasteiger partial charge is 0.463 e. The van der Waals surface area contributed by atoms with E-state index in [0.717, 1.165) is 5.56 Å². The van der Waals surface area contributed by atoms with Crippen molar-refractivity contribution in [3.8, 4) is 0 Å². The third-order valence-electron chi connectivity index (χ3n) is 4.04. The molecule has 0 bridgehead atoms. The Morgan fingerprint density at radius 2 is 1.96 bits per heavy atom. The van der Waals surface area contributed by atoms with Gasteiger partial charge in [0.15, 0.2) is 5.11 Å². The van der Waals surface area contributed by atoms with Crippen molar-refractivity contribution in [1.29, 1.82) is 0 Å². The van der Waals surface area contributed by atoms with Crippen LogP contribution in [-0.4, -0.2) is 22.6 Å². The number of hydrogen-bond acceptors (Lipinski definition) is 5. The van der Waals surface area contributed by atoms with Crippen molar-refractivity contribution >= 4 is 34.7 Å². The summed E-state index contributed by atoms with van der Waals surface area (Å²) in [6, 6.07) is 14.7. The summed E-state index contributed by atoms with van der Waals surface area (Å²) < 4.78 is 5.24. The molecule has 1 atom stereocenters. The van der Waals surface area contributed by atoms with E-state index in [9.17, 15) is 14.9 Å². The van der Waals surface area contributed by atoms with Crippen LogP contribution in [-0.2, 0) is 9.53 Å². The molecule has 0 spiro atoms. The second-order valence-corrected chi connectivity index (χ2v) is 6.17. The van der Waals surface area contributed by atoms with Crippen LogP contribution in [0.3, 0.4) is 0 Å². The third kappa shape index (κ3) is 3.95. The summed E-state index contributed by atoms with van der Waals surface area (Å²) >= 11 is 5.31. The smallest absolute Gasteiger partial charge is 0.338 e.